The number of ketones is 1. The summed E-state index contributed by atoms with van der Waals surface area (Å²) < 4.78 is 11.8. The van der Waals surface area contributed by atoms with E-state index in [-0.39, 0.29) is 11.7 Å². The fourth-order valence-electron chi connectivity index (χ4n) is 4.51. The van der Waals surface area contributed by atoms with E-state index in [0.717, 1.165) is 34.2 Å². The number of benzene rings is 3. The molecule has 38 heavy (non-hydrogen) atoms. The second-order valence-corrected chi connectivity index (χ2v) is 9.28. The van der Waals surface area contributed by atoms with E-state index >= 15 is 0 Å². The maximum atomic E-state index is 12.7. The zero-order valence-corrected chi connectivity index (χ0v) is 21.1. The molecule has 0 atom stereocenters. The molecule has 1 aromatic heterocycles. The van der Waals surface area contributed by atoms with Crippen molar-refractivity contribution in [3.8, 4) is 17.2 Å². The zero-order chi connectivity index (χ0) is 26.5. The van der Waals surface area contributed by atoms with Crippen LogP contribution in [0.1, 0.15) is 36.5 Å². The number of hydrogen-bond donors (Lipinski definition) is 1. The molecule has 190 valence electrons. The molecule has 1 N–H and O–H groups in total. The lowest BCUT2D eigenvalue weighted by molar-refractivity contribution is -0.118. The second kappa shape index (κ2) is 11.1. The molecule has 3 aromatic carbocycles. The third-order valence-electron chi connectivity index (χ3n) is 6.38. The summed E-state index contributed by atoms with van der Waals surface area (Å²) in [6, 6.07) is 18.5. The summed E-state index contributed by atoms with van der Waals surface area (Å²) >= 11 is 0. The van der Waals surface area contributed by atoms with Gasteiger partial charge in [-0.3, -0.25) is 14.6 Å². The highest BCUT2D eigenvalue weighted by atomic mass is 16.5. The number of anilines is 1. The predicted octanol–water partition coefficient (Wildman–Crippen LogP) is 6.61. The lowest BCUT2D eigenvalue weighted by atomic mass is 9.97. The van der Waals surface area contributed by atoms with Gasteiger partial charge in [-0.25, -0.2) is 4.85 Å². The molecule has 0 radical (unpaired) electrons. The van der Waals surface area contributed by atoms with E-state index < -0.39 is 0 Å². The molecule has 4 aromatic rings. The SMILES string of the molecule is [C-]#[N+]c1cc2c(Oc3ccc(CC(=O)Cc4ccc5c(c4)CCC(=O)N5)cc3)ccnc2cc1OCCC. The van der Waals surface area contributed by atoms with Crippen LogP contribution < -0.4 is 14.8 Å². The first-order chi connectivity index (χ1) is 18.5. The molecular weight excluding hydrogens is 478 g/mol. The van der Waals surface area contributed by atoms with Crippen molar-refractivity contribution in [2.75, 3.05) is 11.9 Å². The van der Waals surface area contributed by atoms with E-state index in [2.05, 4.69) is 15.1 Å². The molecule has 7 nitrogen and oxygen atoms in total. The van der Waals surface area contributed by atoms with Crippen LogP contribution in [0.25, 0.3) is 15.7 Å². The Hall–Kier alpha value is -4.70. The number of fused-ring (bicyclic) bond motifs is 2. The maximum Gasteiger partial charge on any atom is 0.229 e. The van der Waals surface area contributed by atoms with Gasteiger partial charge in [-0.1, -0.05) is 31.2 Å². The van der Waals surface area contributed by atoms with Gasteiger partial charge in [0.25, 0.3) is 0 Å². The zero-order valence-electron chi connectivity index (χ0n) is 21.1. The number of carbonyl (C=O) groups is 2. The van der Waals surface area contributed by atoms with Crippen LogP contribution in [0.15, 0.2) is 66.9 Å². The third-order valence-corrected chi connectivity index (χ3v) is 6.38. The van der Waals surface area contributed by atoms with Gasteiger partial charge in [0.2, 0.25) is 11.6 Å². The summed E-state index contributed by atoms with van der Waals surface area (Å²) in [6.45, 7) is 10.1. The normalized spacial score (nSPS) is 12.4. The largest absolute Gasteiger partial charge is 0.505 e. The van der Waals surface area contributed by atoms with Crippen molar-refractivity contribution in [2.45, 2.75) is 39.0 Å². The van der Waals surface area contributed by atoms with E-state index in [1.54, 1.807) is 24.4 Å². The highest BCUT2D eigenvalue weighted by Gasteiger charge is 2.16. The molecular formula is C31H27N3O4. The number of Topliss-reactive ketones (excluding diaryl/α,β-unsaturated/α-hetero) is 1. The van der Waals surface area contributed by atoms with Crippen molar-refractivity contribution < 1.29 is 19.1 Å². The third kappa shape index (κ3) is 5.65. The number of pyridine rings is 1. The van der Waals surface area contributed by atoms with Crippen molar-refractivity contribution in [1.29, 1.82) is 0 Å². The summed E-state index contributed by atoms with van der Waals surface area (Å²) in [5.41, 5.74) is 4.88. The number of hydrogen-bond acceptors (Lipinski definition) is 5. The van der Waals surface area contributed by atoms with E-state index in [1.165, 1.54) is 0 Å². The fraction of sp³-hybridized carbons (Fsp3) is 0.226. The highest BCUT2D eigenvalue weighted by molar-refractivity contribution is 5.94. The molecule has 0 aliphatic carbocycles. The summed E-state index contributed by atoms with van der Waals surface area (Å²) in [6.07, 6.45) is 4.35. The van der Waals surface area contributed by atoms with Crippen molar-refractivity contribution >= 4 is 34.0 Å². The van der Waals surface area contributed by atoms with Gasteiger partial charge in [-0.15, -0.1) is 0 Å². The lowest BCUT2D eigenvalue weighted by Crippen LogP contribution is -2.19. The smallest absolute Gasteiger partial charge is 0.229 e. The quantitative estimate of drug-likeness (QED) is 0.259. The molecule has 1 aliphatic heterocycles. The van der Waals surface area contributed by atoms with E-state index in [0.29, 0.717) is 60.7 Å². The van der Waals surface area contributed by atoms with Crippen LogP contribution in [0.2, 0.25) is 0 Å². The maximum absolute atomic E-state index is 12.7. The van der Waals surface area contributed by atoms with E-state index in [9.17, 15) is 9.59 Å². The number of amides is 1. The monoisotopic (exact) mass is 505 g/mol. The van der Waals surface area contributed by atoms with Gasteiger partial charge in [0.15, 0.2) is 0 Å². The first-order valence-corrected chi connectivity index (χ1v) is 12.7. The molecule has 0 fully saturated rings. The lowest BCUT2D eigenvalue weighted by Gasteiger charge is -2.17. The Morgan fingerprint density at radius 3 is 2.58 bits per heavy atom. The second-order valence-electron chi connectivity index (χ2n) is 9.28. The minimum atomic E-state index is 0.0325. The van der Waals surface area contributed by atoms with Gasteiger partial charge in [0, 0.05) is 36.5 Å². The molecule has 1 aliphatic rings. The van der Waals surface area contributed by atoms with Gasteiger partial charge >= 0.3 is 0 Å². The van der Waals surface area contributed by atoms with Gasteiger partial charge in [0.1, 0.15) is 23.0 Å². The summed E-state index contributed by atoms with van der Waals surface area (Å²) in [7, 11) is 0. The van der Waals surface area contributed by atoms with Crippen molar-refractivity contribution in [3.63, 3.8) is 0 Å². The van der Waals surface area contributed by atoms with Crippen LogP contribution in [0.3, 0.4) is 0 Å². The van der Waals surface area contributed by atoms with Crippen LogP contribution in [-0.4, -0.2) is 23.3 Å². The average molecular weight is 506 g/mol. The first kappa shape index (κ1) is 25.0. The molecule has 5 rings (SSSR count). The molecule has 0 saturated heterocycles. The number of nitrogens with one attached hydrogen (secondary N) is 1. The minimum Gasteiger partial charge on any atom is -0.505 e. The average Bonchev–Trinajstić information content (AvgIpc) is 2.92. The topological polar surface area (TPSA) is 81.9 Å². The molecule has 0 bridgehead atoms. The Kier molecular flexibility index (Phi) is 7.32. The first-order valence-electron chi connectivity index (χ1n) is 12.7. The van der Waals surface area contributed by atoms with Crippen molar-refractivity contribution in [1.82, 2.24) is 4.98 Å². The van der Waals surface area contributed by atoms with E-state index in [4.69, 9.17) is 16.0 Å². The molecule has 0 unspecified atom stereocenters. The van der Waals surface area contributed by atoms with Crippen molar-refractivity contribution in [2.24, 2.45) is 0 Å². The van der Waals surface area contributed by atoms with Gasteiger partial charge < -0.3 is 14.8 Å². The fourth-order valence-corrected chi connectivity index (χ4v) is 4.51. The Morgan fingerprint density at radius 2 is 1.79 bits per heavy atom. The highest BCUT2D eigenvalue weighted by Crippen LogP contribution is 2.37. The Balaban J connectivity index is 1.25. The molecule has 1 amide bonds. The van der Waals surface area contributed by atoms with Gasteiger partial charge in [-0.05, 0) is 65.9 Å². The van der Waals surface area contributed by atoms with Gasteiger partial charge in [0.05, 0.1) is 18.7 Å². The van der Waals surface area contributed by atoms with Crippen LogP contribution >= 0.6 is 0 Å². The van der Waals surface area contributed by atoms with Gasteiger partial charge in [-0.2, -0.15) is 0 Å². The number of ether oxygens (including phenoxy) is 2. The Bertz CT molecular complexity index is 1550. The van der Waals surface area contributed by atoms with E-state index in [1.807, 2.05) is 49.4 Å². The minimum absolute atomic E-state index is 0.0325. The number of rotatable bonds is 9. The number of nitrogens with zero attached hydrogens (tertiary/aromatic N) is 2. The molecule has 0 spiro atoms. The van der Waals surface area contributed by atoms with Crippen LogP contribution in [0.5, 0.6) is 17.2 Å². The Morgan fingerprint density at radius 1 is 1.00 bits per heavy atom. The Labute approximate surface area is 221 Å². The standard InChI is InChI=1S/C31H27N3O4/c1-3-14-37-30-19-27-25(18-28(30)32-2)29(12-13-33-27)38-24-8-4-20(5-9-24)16-23(35)17-21-6-10-26-22(15-21)7-11-31(36)34-26/h4-6,8-10,12-13,15,18-19H,3,7,11,14,16-17H2,1H3,(H,34,36). The molecule has 2 heterocycles. The number of aryl methyl sites for hydroxylation is 1. The summed E-state index contributed by atoms with van der Waals surface area (Å²) in [5.74, 6) is 1.89. The summed E-state index contributed by atoms with van der Waals surface area (Å²) in [5, 5.41) is 3.60. The molecule has 7 heteroatoms. The van der Waals surface area contributed by atoms with Crippen LogP contribution in [-0.2, 0) is 28.9 Å². The molecule has 0 saturated carbocycles. The number of carbonyl (C=O) groups excluding carboxylic acids is 2. The number of aromatic nitrogens is 1. The predicted molar refractivity (Wildman–Crippen MR) is 146 cm³/mol. The van der Waals surface area contributed by atoms with Crippen LogP contribution in [0, 0.1) is 6.57 Å². The van der Waals surface area contributed by atoms with Crippen molar-refractivity contribution in [3.05, 3.63) is 95.0 Å². The summed E-state index contributed by atoms with van der Waals surface area (Å²) in [4.78, 5) is 32.3. The van der Waals surface area contributed by atoms with Crippen LogP contribution in [0.4, 0.5) is 11.4 Å².